The summed E-state index contributed by atoms with van der Waals surface area (Å²) in [4.78, 5) is 4.61. The SMILES string of the molecule is CCCCCCCCCCCCCCCC=CC1=NCC[N+]1(CCO)CCO. The second kappa shape index (κ2) is 17.2. The van der Waals surface area contributed by atoms with Crippen LogP contribution in [0.3, 0.4) is 0 Å². The van der Waals surface area contributed by atoms with Crippen LogP contribution in [0, 0.1) is 0 Å². The highest BCUT2D eigenvalue weighted by molar-refractivity contribution is 5.88. The van der Waals surface area contributed by atoms with Gasteiger partial charge in [-0.3, -0.25) is 4.48 Å². The van der Waals surface area contributed by atoms with Crippen molar-refractivity contribution < 1.29 is 14.7 Å². The fourth-order valence-electron chi connectivity index (χ4n) is 4.25. The molecule has 0 atom stereocenters. The minimum atomic E-state index is 0.145. The number of unbranched alkanes of at least 4 members (excludes halogenated alkanes) is 13. The molecule has 0 aromatic carbocycles. The fraction of sp³-hybridized carbons (Fsp3) is 0.875. The molecular weight excluding hydrogens is 348 g/mol. The molecule has 28 heavy (non-hydrogen) atoms. The maximum atomic E-state index is 9.36. The summed E-state index contributed by atoms with van der Waals surface area (Å²) in [6.07, 6.45) is 23.6. The number of hydrogen-bond acceptors (Lipinski definition) is 3. The van der Waals surface area contributed by atoms with Gasteiger partial charge in [0, 0.05) is 6.08 Å². The number of rotatable bonds is 19. The minimum absolute atomic E-state index is 0.145. The molecule has 0 spiro atoms. The smallest absolute Gasteiger partial charge is 0.222 e. The highest BCUT2D eigenvalue weighted by atomic mass is 16.3. The zero-order valence-corrected chi connectivity index (χ0v) is 18.6. The zero-order chi connectivity index (χ0) is 20.3. The summed E-state index contributed by atoms with van der Waals surface area (Å²) in [6.45, 7) is 5.59. The van der Waals surface area contributed by atoms with Gasteiger partial charge < -0.3 is 10.2 Å². The Hall–Kier alpha value is -0.710. The molecule has 0 saturated carbocycles. The van der Waals surface area contributed by atoms with Gasteiger partial charge in [-0.1, -0.05) is 90.0 Å². The lowest BCUT2D eigenvalue weighted by atomic mass is 10.0. The number of aliphatic hydroxyl groups is 2. The van der Waals surface area contributed by atoms with Gasteiger partial charge in [0.2, 0.25) is 5.84 Å². The Balaban J connectivity index is 1.99. The van der Waals surface area contributed by atoms with E-state index in [1.165, 1.54) is 83.5 Å². The van der Waals surface area contributed by atoms with Crippen molar-refractivity contribution in [2.75, 3.05) is 39.4 Å². The molecule has 1 rings (SSSR count). The van der Waals surface area contributed by atoms with Gasteiger partial charge in [0.25, 0.3) is 0 Å². The van der Waals surface area contributed by atoms with Crippen LogP contribution in [0.1, 0.15) is 96.8 Å². The van der Waals surface area contributed by atoms with Crippen molar-refractivity contribution >= 4 is 5.84 Å². The van der Waals surface area contributed by atoms with Gasteiger partial charge in [-0.2, -0.15) is 0 Å². The number of hydrogen-bond donors (Lipinski definition) is 2. The first kappa shape index (κ1) is 25.3. The van der Waals surface area contributed by atoms with Gasteiger partial charge in [-0.05, 0) is 12.8 Å². The highest BCUT2D eigenvalue weighted by Gasteiger charge is 2.35. The second-order valence-corrected chi connectivity index (χ2v) is 8.44. The van der Waals surface area contributed by atoms with Crippen molar-refractivity contribution in [2.24, 2.45) is 4.99 Å². The van der Waals surface area contributed by atoms with E-state index in [0.29, 0.717) is 17.6 Å². The third-order valence-electron chi connectivity index (χ3n) is 6.09. The molecule has 0 aromatic rings. The molecular formula is C24H47N2O2+. The van der Waals surface area contributed by atoms with Crippen LogP contribution in [-0.2, 0) is 0 Å². The first-order valence-electron chi connectivity index (χ1n) is 12.1. The van der Waals surface area contributed by atoms with E-state index in [2.05, 4.69) is 24.1 Å². The normalized spacial score (nSPS) is 16.2. The van der Waals surface area contributed by atoms with Crippen LogP contribution >= 0.6 is 0 Å². The quantitative estimate of drug-likeness (QED) is 0.232. The molecule has 0 bridgehead atoms. The van der Waals surface area contributed by atoms with E-state index in [0.717, 1.165) is 25.3 Å². The summed E-state index contributed by atoms with van der Waals surface area (Å²) in [7, 11) is 0. The Morgan fingerprint density at radius 1 is 0.786 bits per heavy atom. The molecule has 4 nitrogen and oxygen atoms in total. The highest BCUT2D eigenvalue weighted by Crippen LogP contribution is 2.17. The zero-order valence-electron chi connectivity index (χ0n) is 18.6. The molecule has 4 heteroatoms. The summed E-state index contributed by atoms with van der Waals surface area (Å²) < 4.78 is 0.641. The van der Waals surface area contributed by atoms with Crippen LogP contribution in [0.2, 0.25) is 0 Å². The van der Waals surface area contributed by atoms with Crippen LogP contribution < -0.4 is 0 Å². The van der Waals surface area contributed by atoms with E-state index >= 15 is 0 Å². The summed E-state index contributed by atoms with van der Waals surface area (Å²) in [6, 6.07) is 0. The van der Waals surface area contributed by atoms with Gasteiger partial charge in [0.05, 0.1) is 19.8 Å². The van der Waals surface area contributed by atoms with Crippen molar-refractivity contribution in [3.8, 4) is 0 Å². The molecule has 0 saturated heterocycles. The molecule has 0 radical (unpaired) electrons. The molecule has 1 aliphatic rings. The number of aliphatic imine (C=N–C) groups is 1. The van der Waals surface area contributed by atoms with Crippen molar-refractivity contribution in [2.45, 2.75) is 96.8 Å². The average molecular weight is 396 g/mol. The Morgan fingerprint density at radius 3 is 1.79 bits per heavy atom. The summed E-state index contributed by atoms with van der Waals surface area (Å²) in [5.74, 6) is 1.04. The summed E-state index contributed by atoms with van der Waals surface area (Å²) >= 11 is 0. The van der Waals surface area contributed by atoms with Crippen molar-refractivity contribution in [1.82, 2.24) is 0 Å². The number of aliphatic hydroxyl groups excluding tert-OH is 2. The lowest BCUT2D eigenvalue weighted by molar-refractivity contribution is -0.835. The van der Waals surface area contributed by atoms with E-state index in [1.54, 1.807) is 0 Å². The number of quaternary nitrogens is 1. The Labute approximate surface area is 174 Å². The third-order valence-corrected chi connectivity index (χ3v) is 6.09. The molecule has 0 amide bonds. The lowest BCUT2D eigenvalue weighted by Crippen LogP contribution is -2.53. The third kappa shape index (κ3) is 10.7. The predicted octanol–water partition coefficient (Wildman–Crippen LogP) is 5.24. The van der Waals surface area contributed by atoms with Crippen LogP contribution in [0.25, 0.3) is 0 Å². The Bertz CT molecular complexity index is 415. The van der Waals surface area contributed by atoms with Gasteiger partial charge in [-0.15, -0.1) is 0 Å². The largest absolute Gasteiger partial charge is 0.390 e. The standard InChI is InChI=1S/C24H47N2O2/c1-2-3-4-5-6-7-8-9-10-11-12-13-14-15-16-17-24-25-18-19-26(24,20-22-27)21-23-28/h16-17,27-28H,2-15,18-23H2,1H3/q+1. The molecule has 0 aromatic heterocycles. The van der Waals surface area contributed by atoms with Gasteiger partial charge in [0.15, 0.2) is 0 Å². The van der Waals surface area contributed by atoms with Crippen LogP contribution in [0.15, 0.2) is 17.1 Å². The molecule has 164 valence electrons. The number of allylic oxidation sites excluding steroid dienone is 1. The van der Waals surface area contributed by atoms with E-state index in [4.69, 9.17) is 0 Å². The number of nitrogens with zero attached hydrogens (tertiary/aromatic N) is 2. The fourth-order valence-corrected chi connectivity index (χ4v) is 4.25. The Kier molecular flexibility index (Phi) is 15.5. The maximum Gasteiger partial charge on any atom is 0.222 e. The van der Waals surface area contributed by atoms with Crippen molar-refractivity contribution in [1.29, 1.82) is 0 Å². The second-order valence-electron chi connectivity index (χ2n) is 8.44. The molecule has 1 heterocycles. The topological polar surface area (TPSA) is 52.8 Å². The summed E-state index contributed by atoms with van der Waals surface area (Å²) in [5.41, 5.74) is 0. The molecule has 2 N–H and O–H groups in total. The van der Waals surface area contributed by atoms with Gasteiger partial charge >= 0.3 is 0 Å². The average Bonchev–Trinajstić information content (AvgIpc) is 3.07. The minimum Gasteiger partial charge on any atom is -0.390 e. The van der Waals surface area contributed by atoms with Crippen molar-refractivity contribution in [3.63, 3.8) is 0 Å². The maximum absolute atomic E-state index is 9.36. The van der Waals surface area contributed by atoms with E-state index in [-0.39, 0.29) is 13.2 Å². The lowest BCUT2D eigenvalue weighted by Gasteiger charge is -2.32. The summed E-state index contributed by atoms with van der Waals surface area (Å²) in [5, 5.41) is 18.7. The Morgan fingerprint density at radius 2 is 1.29 bits per heavy atom. The van der Waals surface area contributed by atoms with Crippen LogP contribution in [0.4, 0.5) is 0 Å². The predicted molar refractivity (Wildman–Crippen MR) is 121 cm³/mol. The van der Waals surface area contributed by atoms with Crippen LogP contribution in [0.5, 0.6) is 0 Å². The first-order valence-corrected chi connectivity index (χ1v) is 12.1. The number of amidine groups is 1. The van der Waals surface area contributed by atoms with E-state index < -0.39 is 0 Å². The van der Waals surface area contributed by atoms with Crippen LogP contribution in [-0.4, -0.2) is 59.9 Å². The molecule has 0 aliphatic carbocycles. The molecule has 0 fully saturated rings. The van der Waals surface area contributed by atoms with E-state index in [1.807, 2.05) is 0 Å². The van der Waals surface area contributed by atoms with E-state index in [9.17, 15) is 10.2 Å². The molecule has 0 unspecified atom stereocenters. The monoisotopic (exact) mass is 395 g/mol. The molecule has 1 aliphatic heterocycles. The first-order chi connectivity index (χ1) is 13.8. The van der Waals surface area contributed by atoms with Gasteiger partial charge in [0.1, 0.15) is 19.6 Å². The van der Waals surface area contributed by atoms with Crippen molar-refractivity contribution in [3.05, 3.63) is 12.2 Å². The van der Waals surface area contributed by atoms with Gasteiger partial charge in [-0.25, -0.2) is 4.99 Å².